The van der Waals surface area contributed by atoms with Crippen LogP contribution in [0.2, 0.25) is 0 Å². The average Bonchev–Trinajstić information content (AvgIpc) is 2.65. The van der Waals surface area contributed by atoms with Crippen molar-refractivity contribution < 1.29 is 13.9 Å². The number of ketones is 1. The molecule has 0 atom stereocenters. The smallest absolute Gasteiger partial charge is 0.202 e. The standard InChI is InChI=1S/C16H18FNO2/c1-10-7-13(17)5-6-16(10)20-9-15(19)14-8-11(2)18(4)12(14)3/h5-8H,9H2,1-4H3. The summed E-state index contributed by atoms with van der Waals surface area (Å²) in [5.41, 5.74) is 3.30. The summed E-state index contributed by atoms with van der Waals surface area (Å²) in [6.45, 7) is 5.57. The van der Waals surface area contributed by atoms with Crippen molar-refractivity contribution in [3.63, 3.8) is 0 Å². The number of aryl methyl sites for hydroxylation is 2. The number of ether oxygens (including phenoxy) is 1. The molecule has 0 unspecified atom stereocenters. The van der Waals surface area contributed by atoms with Gasteiger partial charge in [0.25, 0.3) is 0 Å². The van der Waals surface area contributed by atoms with E-state index < -0.39 is 0 Å². The highest BCUT2D eigenvalue weighted by Gasteiger charge is 2.15. The van der Waals surface area contributed by atoms with Gasteiger partial charge in [0.15, 0.2) is 6.61 Å². The molecule has 0 saturated carbocycles. The Morgan fingerprint density at radius 2 is 1.95 bits per heavy atom. The molecular weight excluding hydrogens is 257 g/mol. The Morgan fingerprint density at radius 1 is 1.25 bits per heavy atom. The third-order valence-electron chi connectivity index (χ3n) is 3.57. The number of hydrogen-bond acceptors (Lipinski definition) is 2. The van der Waals surface area contributed by atoms with Crippen LogP contribution >= 0.6 is 0 Å². The maximum Gasteiger partial charge on any atom is 0.202 e. The Kier molecular flexibility index (Phi) is 3.93. The van der Waals surface area contributed by atoms with Crippen LogP contribution in [0.25, 0.3) is 0 Å². The van der Waals surface area contributed by atoms with Crippen LogP contribution in [0.5, 0.6) is 5.75 Å². The fourth-order valence-corrected chi connectivity index (χ4v) is 2.13. The molecule has 1 aromatic heterocycles. The molecule has 0 radical (unpaired) electrons. The van der Waals surface area contributed by atoms with Gasteiger partial charge in [-0.25, -0.2) is 4.39 Å². The van der Waals surface area contributed by atoms with Crippen molar-refractivity contribution in [1.29, 1.82) is 0 Å². The van der Waals surface area contributed by atoms with E-state index in [0.717, 1.165) is 11.4 Å². The van der Waals surface area contributed by atoms with Crippen molar-refractivity contribution >= 4 is 5.78 Å². The molecular formula is C16H18FNO2. The fraction of sp³-hybridized carbons (Fsp3) is 0.312. The number of nitrogens with zero attached hydrogens (tertiary/aromatic N) is 1. The second-order valence-electron chi connectivity index (χ2n) is 4.97. The van der Waals surface area contributed by atoms with E-state index >= 15 is 0 Å². The largest absolute Gasteiger partial charge is 0.485 e. The van der Waals surface area contributed by atoms with E-state index in [4.69, 9.17) is 4.74 Å². The lowest BCUT2D eigenvalue weighted by molar-refractivity contribution is 0.0920. The molecule has 0 aliphatic carbocycles. The summed E-state index contributed by atoms with van der Waals surface area (Å²) in [5, 5.41) is 0. The van der Waals surface area contributed by atoms with Crippen LogP contribution in [0, 0.1) is 26.6 Å². The zero-order valence-electron chi connectivity index (χ0n) is 12.2. The van der Waals surface area contributed by atoms with Crippen LogP contribution in [-0.4, -0.2) is 17.0 Å². The van der Waals surface area contributed by atoms with Gasteiger partial charge in [-0.3, -0.25) is 4.79 Å². The van der Waals surface area contributed by atoms with Crippen LogP contribution in [-0.2, 0) is 7.05 Å². The minimum Gasteiger partial charge on any atom is -0.485 e. The molecule has 0 fully saturated rings. The highest BCUT2D eigenvalue weighted by Crippen LogP contribution is 2.19. The monoisotopic (exact) mass is 275 g/mol. The Bertz CT molecular complexity index is 659. The second-order valence-corrected chi connectivity index (χ2v) is 4.97. The van der Waals surface area contributed by atoms with Gasteiger partial charge in [-0.15, -0.1) is 0 Å². The van der Waals surface area contributed by atoms with E-state index in [2.05, 4.69) is 0 Å². The lowest BCUT2D eigenvalue weighted by Crippen LogP contribution is -2.13. The first-order valence-electron chi connectivity index (χ1n) is 6.45. The summed E-state index contributed by atoms with van der Waals surface area (Å²) in [6.07, 6.45) is 0. The Labute approximate surface area is 118 Å². The Balaban J connectivity index is 2.10. The normalized spacial score (nSPS) is 10.7. The van der Waals surface area contributed by atoms with E-state index in [0.29, 0.717) is 16.9 Å². The molecule has 1 heterocycles. The van der Waals surface area contributed by atoms with Gasteiger partial charge in [-0.2, -0.15) is 0 Å². The van der Waals surface area contributed by atoms with Gasteiger partial charge in [-0.05, 0) is 50.6 Å². The zero-order valence-corrected chi connectivity index (χ0v) is 12.2. The molecule has 0 saturated heterocycles. The number of carbonyl (C=O) groups is 1. The van der Waals surface area contributed by atoms with Gasteiger partial charge in [0.05, 0.1) is 0 Å². The quantitative estimate of drug-likeness (QED) is 0.801. The summed E-state index contributed by atoms with van der Waals surface area (Å²) >= 11 is 0. The van der Waals surface area contributed by atoms with Crippen molar-refractivity contribution in [1.82, 2.24) is 4.57 Å². The van der Waals surface area contributed by atoms with Crippen LogP contribution in [0.4, 0.5) is 4.39 Å². The van der Waals surface area contributed by atoms with Gasteiger partial charge in [0, 0.05) is 24.0 Å². The van der Waals surface area contributed by atoms with Crippen molar-refractivity contribution in [2.75, 3.05) is 6.61 Å². The highest BCUT2D eigenvalue weighted by atomic mass is 19.1. The topological polar surface area (TPSA) is 31.2 Å². The average molecular weight is 275 g/mol. The number of rotatable bonds is 4. The molecule has 0 spiro atoms. The van der Waals surface area contributed by atoms with Gasteiger partial charge in [0.2, 0.25) is 5.78 Å². The van der Waals surface area contributed by atoms with Crippen LogP contribution in [0.15, 0.2) is 24.3 Å². The van der Waals surface area contributed by atoms with Gasteiger partial charge in [0.1, 0.15) is 11.6 Å². The third-order valence-corrected chi connectivity index (χ3v) is 3.57. The second kappa shape index (κ2) is 5.49. The number of aromatic nitrogens is 1. The van der Waals surface area contributed by atoms with E-state index in [-0.39, 0.29) is 18.2 Å². The molecule has 0 bridgehead atoms. The predicted molar refractivity (Wildman–Crippen MR) is 75.8 cm³/mol. The van der Waals surface area contributed by atoms with Crippen LogP contribution in [0.3, 0.4) is 0 Å². The van der Waals surface area contributed by atoms with E-state index in [9.17, 15) is 9.18 Å². The lowest BCUT2D eigenvalue weighted by atomic mass is 10.1. The molecule has 0 amide bonds. The number of halogens is 1. The van der Waals surface area contributed by atoms with Crippen molar-refractivity contribution in [3.05, 3.63) is 52.6 Å². The Hall–Kier alpha value is -2.10. The number of benzene rings is 1. The molecule has 2 rings (SSSR count). The van der Waals surface area contributed by atoms with Crippen molar-refractivity contribution in [2.45, 2.75) is 20.8 Å². The first-order chi connectivity index (χ1) is 9.40. The van der Waals surface area contributed by atoms with E-state index in [1.54, 1.807) is 13.0 Å². The number of hydrogen-bond donors (Lipinski definition) is 0. The summed E-state index contributed by atoms with van der Waals surface area (Å²) in [5.74, 6) is 0.149. The lowest BCUT2D eigenvalue weighted by Gasteiger charge is -2.08. The van der Waals surface area contributed by atoms with E-state index in [1.165, 1.54) is 12.1 Å². The molecule has 0 aliphatic heterocycles. The highest BCUT2D eigenvalue weighted by molar-refractivity contribution is 5.98. The van der Waals surface area contributed by atoms with Crippen LogP contribution < -0.4 is 4.74 Å². The summed E-state index contributed by atoms with van der Waals surface area (Å²) < 4.78 is 20.4. The summed E-state index contributed by atoms with van der Waals surface area (Å²) in [4.78, 5) is 12.2. The summed E-state index contributed by atoms with van der Waals surface area (Å²) in [7, 11) is 1.92. The minimum absolute atomic E-state index is 0.0449. The third kappa shape index (κ3) is 2.74. The molecule has 1 aromatic carbocycles. The van der Waals surface area contributed by atoms with Crippen molar-refractivity contribution in [3.8, 4) is 5.75 Å². The van der Waals surface area contributed by atoms with E-state index in [1.807, 2.05) is 31.5 Å². The first-order valence-corrected chi connectivity index (χ1v) is 6.45. The maximum absolute atomic E-state index is 13.0. The molecule has 3 nitrogen and oxygen atoms in total. The number of Topliss-reactive ketones (excluding diaryl/α,β-unsaturated/α-hetero) is 1. The zero-order chi connectivity index (χ0) is 14.9. The minimum atomic E-state index is -0.310. The molecule has 2 aromatic rings. The van der Waals surface area contributed by atoms with Gasteiger partial charge in [-0.1, -0.05) is 0 Å². The molecule has 0 N–H and O–H groups in total. The summed E-state index contributed by atoms with van der Waals surface area (Å²) in [6, 6.07) is 6.11. The fourth-order valence-electron chi connectivity index (χ4n) is 2.13. The van der Waals surface area contributed by atoms with Gasteiger partial charge >= 0.3 is 0 Å². The molecule has 4 heteroatoms. The molecule has 0 aliphatic rings. The number of carbonyl (C=O) groups excluding carboxylic acids is 1. The maximum atomic E-state index is 13.0. The first kappa shape index (κ1) is 14.3. The molecule has 106 valence electrons. The molecule has 20 heavy (non-hydrogen) atoms. The Morgan fingerprint density at radius 3 is 2.50 bits per heavy atom. The SMILES string of the molecule is Cc1cc(F)ccc1OCC(=O)c1cc(C)n(C)c1C. The van der Waals surface area contributed by atoms with Crippen LogP contribution in [0.1, 0.15) is 27.3 Å². The van der Waals surface area contributed by atoms with Gasteiger partial charge < -0.3 is 9.30 Å². The van der Waals surface area contributed by atoms with Crippen molar-refractivity contribution in [2.24, 2.45) is 7.05 Å². The predicted octanol–water partition coefficient (Wildman–Crippen LogP) is 3.35.